The van der Waals surface area contributed by atoms with Crippen molar-refractivity contribution >= 4 is 18.7 Å². The minimum atomic E-state index is -2.61. The molecule has 1 aliphatic carbocycles. The fourth-order valence-electron chi connectivity index (χ4n) is 5.38. The third-order valence-electron chi connectivity index (χ3n) is 6.81. The van der Waals surface area contributed by atoms with E-state index in [1.807, 2.05) is 6.08 Å². The molecule has 1 fully saturated rings. The maximum absolute atomic E-state index is 10.4. The molecule has 0 radical (unpaired) electrons. The number of aliphatic hydroxyl groups excluding tert-OH is 1. The van der Waals surface area contributed by atoms with Crippen molar-refractivity contribution < 1.29 is 14.3 Å². The fraction of sp³-hybridized carbons (Fsp3) is 0.407. The Hall–Kier alpha value is -1.98. The van der Waals surface area contributed by atoms with Crippen LogP contribution < -0.4 is 10.4 Å². The van der Waals surface area contributed by atoms with Crippen molar-refractivity contribution in [2.24, 2.45) is 11.8 Å². The lowest BCUT2D eigenvalue weighted by molar-refractivity contribution is -0.101. The Kier molecular flexibility index (Phi) is 6.36. The average molecular weight is 435 g/mol. The molecular weight excluding hydrogens is 400 g/mol. The van der Waals surface area contributed by atoms with Gasteiger partial charge in [-0.2, -0.15) is 0 Å². The molecule has 0 amide bonds. The first-order chi connectivity index (χ1) is 14.9. The summed E-state index contributed by atoms with van der Waals surface area (Å²) < 4.78 is 13.1. The van der Waals surface area contributed by atoms with E-state index in [1.54, 1.807) is 0 Å². The Morgan fingerprint density at radius 1 is 1.03 bits per heavy atom. The first-order valence-corrected chi connectivity index (χ1v) is 13.2. The molecule has 0 aromatic heterocycles. The maximum atomic E-state index is 10.4. The van der Waals surface area contributed by atoms with E-state index in [-0.39, 0.29) is 29.1 Å². The molecule has 4 heteroatoms. The number of rotatable bonds is 6. The van der Waals surface area contributed by atoms with Gasteiger partial charge in [0.1, 0.15) is 0 Å². The summed E-state index contributed by atoms with van der Waals surface area (Å²) in [6.45, 7) is 10.8. The van der Waals surface area contributed by atoms with Crippen molar-refractivity contribution in [3.8, 4) is 0 Å². The summed E-state index contributed by atoms with van der Waals surface area (Å²) >= 11 is 0. The lowest BCUT2D eigenvalue weighted by atomic mass is 9.80. The van der Waals surface area contributed by atoms with Gasteiger partial charge in [0.25, 0.3) is 8.32 Å². The van der Waals surface area contributed by atoms with E-state index in [2.05, 4.69) is 100 Å². The predicted molar refractivity (Wildman–Crippen MR) is 129 cm³/mol. The summed E-state index contributed by atoms with van der Waals surface area (Å²) in [6.07, 6.45) is 6.99. The number of hydrogen-bond donors (Lipinski definition) is 1. The highest BCUT2D eigenvalue weighted by atomic mass is 28.4. The van der Waals surface area contributed by atoms with E-state index >= 15 is 0 Å². The summed E-state index contributed by atoms with van der Waals surface area (Å²) in [5.74, 6) is 0.269. The lowest BCUT2D eigenvalue weighted by Gasteiger charge is -2.46. The molecule has 3 nitrogen and oxygen atoms in total. The zero-order valence-electron chi connectivity index (χ0n) is 18.8. The predicted octanol–water partition coefficient (Wildman–Crippen LogP) is 4.42. The first-order valence-electron chi connectivity index (χ1n) is 11.3. The Morgan fingerprint density at radius 2 is 1.61 bits per heavy atom. The second kappa shape index (κ2) is 8.87. The van der Waals surface area contributed by atoms with Crippen molar-refractivity contribution in [2.75, 3.05) is 0 Å². The summed E-state index contributed by atoms with van der Waals surface area (Å²) in [5, 5.41) is 12.9. The van der Waals surface area contributed by atoms with E-state index in [4.69, 9.17) is 9.16 Å². The summed E-state index contributed by atoms with van der Waals surface area (Å²) in [4.78, 5) is 0. The zero-order valence-corrected chi connectivity index (χ0v) is 19.8. The molecule has 2 aromatic rings. The molecule has 0 unspecified atom stereocenters. The minimum absolute atomic E-state index is 0.00676. The van der Waals surface area contributed by atoms with Crippen LogP contribution in [0.25, 0.3) is 0 Å². The molecule has 5 atom stereocenters. The zero-order chi connectivity index (χ0) is 22.1. The Morgan fingerprint density at radius 3 is 2.13 bits per heavy atom. The Labute approximate surface area is 187 Å². The smallest absolute Gasteiger partial charge is 0.261 e. The molecule has 4 rings (SSSR count). The van der Waals surface area contributed by atoms with Crippen LogP contribution in [0.5, 0.6) is 0 Å². The molecule has 2 aliphatic rings. The number of hydrogen-bond acceptors (Lipinski definition) is 3. The van der Waals surface area contributed by atoms with Gasteiger partial charge in [-0.3, -0.25) is 0 Å². The van der Waals surface area contributed by atoms with Gasteiger partial charge < -0.3 is 14.3 Å². The van der Waals surface area contributed by atoms with Gasteiger partial charge in [-0.25, -0.2) is 0 Å². The van der Waals surface area contributed by atoms with Crippen LogP contribution in [-0.4, -0.2) is 31.9 Å². The number of benzene rings is 2. The molecular formula is C27H34O3Si. The van der Waals surface area contributed by atoms with Gasteiger partial charge in [0.2, 0.25) is 0 Å². The molecule has 0 spiro atoms. The lowest BCUT2D eigenvalue weighted by Crippen LogP contribution is -2.67. The van der Waals surface area contributed by atoms with Gasteiger partial charge in [0, 0.05) is 5.92 Å². The second-order valence-electron chi connectivity index (χ2n) is 9.77. The molecule has 1 saturated heterocycles. The van der Waals surface area contributed by atoms with Crippen molar-refractivity contribution in [3.63, 3.8) is 0 Å². The number of aliphatic hydroxyl groups is 1. The van der Waals surface area contributed by atoms with Crippen LogP contribution in [0.4, 0.5) is 0 Å². The largest absolute Gasteiger partial charge is 0.401 e. The van der Waals surface area contributed by atoms with Crippen LogP contribution in [0.2, 0.25) is 5.04 Å². The quantitative estimate of drug-likeness (QED) is 0.540. The van der Waals surface area contributed by atoms with E-state index in [0.717, 1.165) is 12.8 Å². The summed E-state index contributed by atoms with van der Waals surface area (Å²) in [6, 6.07) is 21.5. The highest BCUT2D eigenvalue weighted by Crippen LogP contribution is 2.43. The van der Waals surface area contributed by atoms with E-state index < -0.39 is 14.6 Å². The topological polar surface area (TPSA) is 38.7 Å². The van der Waals surface area contributed by atoms with Crippen molar-refractivity contribution in [2.45, 2.75) is 57.1 Å². The third-order valence-corrected chi connectivity index (χ3v) is 11.9. The molecule has 0 saturated carbocycles. The van der Waals surface area contributed by atoms with Gasteiger partial charge in [0.15, 0.2) is 6.29 Å². The minimum Gasteiger partial charge on any atom is -0.401 e. The molecule has 31 heavy (non-hydrogen) atoms. The van der Waals surface area contributed by atoms with Crippen LogP contribution in [0, 0.1) is 11.8 Å². The van der Waals surface area contributed by atoms with Gasteiger partial charge in [0.05, 0.1) is 12.2 Å². The SMILES string of the molecule is C=CC[C@H]1O[C@@H](O)[C@@H]2C=C[C@H](O[Si](c3ccccc3)(c3ccccc3)C(C)(C)C)C[C@@H]21. The maximum Gasteiger partial charge on any atom is 0.261 e. The summed E-state index contributed by atoms with van der Waals surface area (Å²) in [7, 11) is -2.61. The Bertz CT molecular complexity index is 864. The highest BCUT2D eigenvalue weighted by molar-refractivity contribution is 6.99. The van der Waals surface area contributed by atoms with Gasteiger partial charge >= 0.3 is 0 Å². The van der Waals surface area contributed by atoms with Crippen molar-refractivity contribution in [3.05, 3.63) is 85.5 Å². The van der Waals surface area contributed by atoms with Gasteiger partial charge in [-0.05, 0) is 34.2 Å². The fourth-order valence-corrected chi connectivity index (χ4v) is 10.0. The van der Waals surface area contributed by atoms with Crippen LogP contribution >= 0.6 is 0 Å². The highest BCUT2D eigenvalue weighted by Gasteiger charge is 2.53. The molecule has 1 heterocycles. The normalized spacial score (nSPS) is 28.3. The van der Waals surface area contributed by atoms with Gasteiger partial charge in [-0.1, -0.05) is 99.7 Å². The van der Waals surface area contributed by atoms with Crippen LogP contribution in [0.3, 0.4) is 0 Å². The molecule has 1 aliphatic heterocycles. The number of ether oxygens (including phenoxy) is 1. The molecule has 0 bridgehead atoms. The molecule has 164 valence electrons. The monoisotopic (exact) mass is 434 g/mol. The van der Waals surface area contributed by atoms with Crippen molar-refractivity contribution in [1.82, 2.24) is 0 Å². The second-order valence-corrected chi connectivity index (χ2v) is 14.0. The first kappa shape index (κ1) is 22.2. The van der Waals surface area contributed by atoms with E-state index in [0.29, 0.717) is 0 Å². The van der Waals surface area contributed by atoms with Gasteiger partial charge in [-0.15, -0.1) is 6.58 Å². The number of fused-ring (bicyclic) bond motifs is 1. The molecule has 1 N–H and O–H groups in total. The van der Waals surface area contributed by atoms with E-state index in [1.165, 1.54) is 10.4 Å². The Balaban J connectivity index is 1.75. The van der Waals surface area contributed by atoms with Crippen LogP contribution in [-0.2, 0) is 9.16 Å². The van der Waals surface area contributed by atoms with Crippen molar-refractivity contribution in [1.29, 1.82) is 0 Å². The van der Waals surface area contributed by atoms with E-state index in [9.17, 15) is 5.11 Å². The van der Waals surface area contributed by atoms with Crippen LogP contribution in [0.1, 0.15) is 33.6 Å². The standard InChI is InChI=1S/C27H34O3Si/c1-5-12-25-24-19-20(17-18-23(24)26(28)29-25)30-31(27(2,3)4,21-13-8-6-9-14-21)22-15-10-7-11-16-22/h5-11,13-18,20,23-26,28H,1,12,19H2,2-4H3/t20-,23+,24-,25+,26+/m0/s1. The third kappa shape index (κ3) is 4.10. The van der Waals surface area contributed by atoms with Crippen LogP contribution in [0.15, 0.2) is 85.5 Å². The average Bonchev–Trinajstić information content (AvgIpc) is 3.07. The summed E-state index contributed by atoms with van der Waals surface area (Å²) in [5.41, 5.74) is 0. The molecule has 2 aromatic carbocycles.